The van der Waals surface area contributed by atoms with Crippen molar-refractivity contribution in [3.05, 3.63) is 11.9 Å². The van der Waals surface area contributed by atoms with E-state index >= 15 is 0 Å². The maximum absolute atomic E-state index is 12.4. The minimum atomic E-state index is -2.75. The number of alkyl halides is 2. The summed E-state index contributed by atoms with van der Waals surface area (Å²) in [7, 11) is 0. The van der Waals surface area contributed by atoms with Crippen LogP contribution < -0.4 is 5.73 Å². The average Bonchev–Trinajstić information content (AvgIpc) is 2.07. The summed E-state index contributed by atoms with van der Waals surface area (Å²) in [5.74, 6) is -2.75. The molecule has 0 aliphatic rings. The van der Waals surface area contributed by atoms with Gasteiger partial charge in [-0.15, -0.1) is 0 Å². The highest BCUT2D eigenvalue weighted by molar-refractivity contribution is 5.39. The summed E-state index contributed by atoms with van der Waals surface area (Å²) in [4.78, 5) is 0. The maximum Gasteiger partial charge on any atom is 0.264 e. The maximum atomic E-state index is 12.4. The van der Waals surface area contributed by atoms with E-state index in [4.69, 9.17) is 5.73 Å². The van der Waals surface area contributed by atoms with E-state index in [0.29, 0.717) is 11.4 Å². The molecule has 0 atom stereocenters. The van der Waals surface area contributed by atoms with Gasteiger partial charge in [0.25, 0.3) is 5.92 Å². The molecule has 0 saturated carbocycles. The van der Waals surface area contributed by atoms with Crippen molar-refractivity contribution in [2.75, 3.05) is 5.73 Å². The van der Waals surface area contributed by atoms with E-state index in [1.165, 1.54) is 6.20 Å². The summed E-state index contributed by atoms with van der Waals surface area (Å²) in [6.45, 7) is 2.10. The minimum absolute atomic E-state index is 0.426. The lowest BCUT2D eigenvalue weighted by Gasteiger charge is -2.08. The van der Waals surface area contributed by atoms with Crippen LogP contribution in [0.15, 0.2) is 6.20 Å². The fourth-order valence-electron chi connectivity index (χ4n) is 0.899. The molecule has 0 fully saturated rings. The highest BCUT2D eigenvalue weighted by atomic mass is 19.3. The number of nitrogens with two attached hydrogens (primary N) is 1. The van der Waals surface area contributed by atoms with Gasteiger partial charge in [0, 0.05) is 13.1 Å². The summed E-state index contributed by atoms with van der Waals surface area (Å²) in [6, 6.07) is 0. The molecule has 0 aliphatic heterocycles. The SMILES string of the molecule is Cc1nn(CC(C)(F)F)cc1N. The summed E-state index contributed by atoms with van der Waals surface area (Å²) >= 11 is 0. The lowest BCUT2D eigenvalue weighted by molar-refractivity contribution is 0.000556. The number of aromatic nitrogens is 2. The van der Waals surface area contributed by atoms with E-state index < -0.39 is 12.5 Å². The minimum Gasteiger partial charge on any atom is -0.396 e. The van der Waals surface area contributed by atoms with Crippen molar-refractivity contribution in [3.8, 4) is 0 Å². The third-order valence-corrected chi connectivity index (χ3v) is 1.42. The molecule has 0 amide bonds. The molecule has 1 heterocycles. The van der Waals surface area contributed by atoms with Crippen molar-refractivity contribution in [2.24, 2.45) is 0 Å². The van der Waals surface area contributed by atoms with Gasteiger partial charge in [-0.3, -0.25) is 4.68 Å². The molecular formula is C7H11F2N3. The third kappa shape index (κ3) is 2.18. The number of hydrogen-bond acceptors (Lipinski definition) is 2. The van der Waals surface area contributed by atoms with E-state index in [2.05, 4.69) is 5.10 Å². The number of nitrogens with zero attached hydrogens (tertiary/aromatic N) is 2. The zero-order chi connectivity index (χ0) is 9.35. The second-order valence-corrected chi connectivity index (χ2v) is 2.94. The van der Waals surface area contributed by atoms with E-state index in [-0.39, 0.29) is 0 Å². The first-order chi connectivity index (χ1) is 5.38. The standard InChI is InChI=1S/C7H11F2N3/c1-5-6(10)3-12(11-5)4-7(2,8)9/h3H,4,10H2,1-2H3. The Balaban J connectivity index is 2.77. The molecule has 0 aliphatic carbocycles. The van der Waals surface area contributed by atoms with Gasteiger partial charge in [0.1, 0.15) is 6.54 Å². The van der Waals surface area contributed by atoms with Gasteiger partial charge >= 0.3 is 0 Å². The Kier molecular flexibility index (Phi) is 2.04. The predicted molar refractivity (Wildman–Crippen MR) is 42.0 cm³/mol. The highest BCUT2D eigenvalue weighted by Gasteiger charge is 2.22. The summed E-state index contributed by atoms with van der Waals surface area (Å²) in [6.07, 6.45) is 1.41. The van der Waals surface area contributed by atoms with E-state index in [9.17, 15) is 8.78 Å². The van der Waals surface area contributed by atoms with Crippen LogP contribution in [0.5, 0.6) is 0 Å². The monoisotopic (exact) mass is 175 g/mol. The number of rotatable bonds is 2. The first-order valence-electron chi connectivity index (χ1n) is 3.56. The van der Waals surface area contributed by atoms with Crippen molar-refractivity contribution in [1.82, 2.24) is 9.78 Å². The zero-order valence-electron chi connectivity index (χ0n) is 7.01. The fourth-order valence-corrected chi connectivity index (χ4v) is 0.899. The highest BCUT2D eigenvalue weighted by Crippen LogP contribution is 2.16. The van der Waals surface area contributed by atoms with Gasteiger partial charge in [0.15, 0.2) is 0 Å². The van der Waals surface area contributed by atoms with Gasteiger partial charge in [0.2, 0.25) is 0 Å². The van der Waals surface area contributed by atoms with Crippen LogP contribution in [-0.2, 0) is 6.54 Å². The quantitative estimate of drug-likeness (QED) is 0.738. The second kappa shape index (κ2) is 2.73. The van der Waals surface area contributed by atoms with Crippen molar-refractivity contribution < 1.29 is 8.78 Å². The van der Waals surface area contributed by atoms with Crippen LogP contribution in [0.4, 0.5) is 14.5 Å². The van der Waals surface area contributed by atoms with Crippen LogP contribution in [0.1, 0.15) is 12.6 Å². The molecule has 1 aromatic heterocycles. The fraction of sp³-hybridized carbons (Fsp3) is 0.571. The molecule has 0 radical (unpaired) electrons. The van der Waals surface area contributed by atoms with Crippen LogP contribution in [-0.4, -0.2) is 15.7 Å². The third-order valence-electron chi connectivity index (χ3n) is 1.42. The van der Waals surface area contributed by atoms with Gasteiger partial charge in [-0.1, -0.05) is 0 Å². The Morgan fingerprint density at radius 1 is 1.67 bits per heavy atom. The Morgan fingerprint density at radius 2 is 2.25 bits per heavy atom. The largest absolute Gasteiger partial charge is 0.396 e. The van der Waals surface area contributed by atoms with Crippen LogP contribution >= 0.6 is 0 Å². The van der Waals surface area contributed by atoms with E-state index in [1.54, 1.807) is 6.92 Å². The molecule has 3 nitrogen and oxygen atoms in total. The van der Waals surface area contributed by atoms with Gasteiger partial charge in [-0.05, 0) is 6.92 Å². The van der Waals surface area contributed by atoms with Crippen LogP contribution in [0.3, 0.4) is 0 Å². The number of nitrogen functional groups attached to an aromatic ring is 1. The molecule has 1 aromatic rings. The molecule has 1 rings (SSSR count). The molecule has 0 bridgehead atoms. The smallest absolute Gasteiger partial charge is 0.264 e. The lowest BCUT2D eigenvalue weighted by atomic mass is 10.4. The Morgan fingerprint density at radius 3 is 2.58 bits per heavy atom. The Labute approximate surface area is 69.2 Å². The van der Waals surface area contributed by atoms with Crippen molar-refractivity contribution in [3.63, 3.8) is 0 Å². The van der Waals surface area contributed by atoms with Crippen LogP contribution in [0, 0.1) is 6.92 Å². The molecule has 0 aromatic carbocycles. The average molecular weight is 175 g/mol. The van der Waals surface area contributed by atoms with Gasteiger partial charge in [0.05, 0.1) is 11.4 Å². The Bertz CT molecular complexity index is 255. The summed E-state index contributed by atoms with van der Waals surface area (Å²) in [5, 5.41) is 3.81. The first-order valence-corrected chi connectivity index (χ1v) is 3.56. The molecule has 12 heavy (non-hydrogen) atoms. The lowest BCUT2D eigenvalue weighted by Crippen LogP contribution is -2.19. The predicted octanol–water partition coefficient (Wildman–Crippen LogP) is 1.43. The van der Waals surface area contributed by atoms with Gasteiger partial charge < -0.3 is 5.73 Å². The number of hydrogen-bond donors (Lipinski definition) is 1. The molecule has 2 N–H and O–H groups in total. The van der Waals surface area contributed by atoms with Gasteiger partial charge in [-0.25, -0.2) is 8.78 Å². The molecule has 0 saturated heterocycles. The molecule has 0 spiro atoms. The molecule has 5 heteroatoms. The molecular weight excluding hydrogens is 164 g/mol. The van der Waals surface area contributed by atoms with Crippen LogP contribution in [0.25, 0.3) is 0 Å². The Hall–Kier alpha value is -1.13. The molecule has 0 unspecified atom stereocenters. The van der Waals surface area contributed by atoms with Crippen molar-refractivity contribution in [2.45, 2.75) is 26.3 Å². The summed E-state index contributed by atoms with van der Waals surface area (Å²) in [5.41, 5.74) is 6.46. The van der Waals surface area contributed by atoms with Gasteiger partial charge in [-0.2, -0.15) is 5.10 Å². The number of aryl methyl sites for hydroxylation is 1. The topological polar surface area (TPSA) is 43.8 Å². The molecule has 68 valence electrons. The van der Waals surface area contributed by atoms with Crippen molar-refractivity contribution in [1.29, 1.82) is 0 Å². The number of halogens is 2. The second-order valence-electron chi connectivity index (χ2n) is 2.94. The van der Waals surface area contributed by atoms with Crippen LogP contribution in [0.2, 0.25) is 0 Å². The summed E-state index contributed by atoms with van der Waals surface area (Å²) < 4.78 is 26.1. The van der Waals surface area contributed by atoms with E-state index in [0.717, 1.165) is 11.6 Å². The van der Waals surface area contributed by atoms with E-state index in [1.807, 2.05) is 0 Å². The zero-order valence-corrected chi connectivity index (χ0v) is 7.01. The number of anilines is 1. The normalized spacial score (nSPS) is 12.0. The first kappa shape index (κ1) is 8.96. The van der Waals surface area contributed by atoms with Crippen molar-refractivity contribution >= 4 is 5.69 Å².